The maximum Gasteiger partial charge on any atom is 0.191 e. The second-order valence-corrected chi connectivity index (χ2v) is 6.73. The number of rotatable bonds is 10. The molecular weight excluding hydrogens is 463 g/mol. The molecule has 7 heteroatoms. The highest BCUT2D eigenvalue weighted by atomic mass is 127. The van der Waals surface area contributed by atoms with E-state index in [9.17, 15) is 0 Å². The van der Waals surface area contributed by atoms with Gasteiger partial charge in [0.1, 0.15) is 0 Å². The van der Waals surface area contributed by atoms with E-state index in [4.69, 9.17) is 4.99 Å². The average Bonchev–Trinajstić information content (AvgIpc) is 3.07. The monoisotopic (exact) mass is 498 g/mol. The summed E-state index contributed by atoms with van der Waals surface area (Å²) in [6.45, 7) is 12.9. The van der Waals surface area contributed by atoms with E-state index in [1.807, 2.05) is 6.20 Å². The van der Waals surface area contributed by atoms with Crippen molar-refractivity contribution in [1.29, 1.82) is 0 Å². The number of nitrogens with zero attached hydrogens (tertiary/aromatic N) is 3. The molecule has 0 spiro atoms. The van der Waals surface area contributed by atoms with E-state index in [2.05, 4.69) is 77.7 Å². The minimum Gasteiger partial charge on any atom is -0.370 e. The molecule has 156 valence electrons. The molecule has 3 N–H and O–H groups in total. The molecule has 1 aromatic carbocycles. The first-order valence-electron chi connectivity index (χ1n) is 9.96. The number of hydrogen-bond donors (Lipinski definition) is 3. The molecule has 0 bridgehead atoms. The molecule has 0 fully saturated rings. The number of aliphatic imine (C=N–C) groups is 1. The highest BCUT2D eigenvalue weighted by Gasteiger charge is 2.05. The van der Waals surface area contributed by atoms with Gasteiger partial charge in [-0.1, -0.05) is 12.1 Å². The normalized spacial score (nSPS) is 11.1. The Bertz CT molecular complexity index is 712. The molecule has 28 heavy (non-hydrogen) atoms. The van der Waals surface area contributed by atoms with Crippen LogP contribution in [-0.4, -0.2) is 48.9 Å². The lowest BCUT2D eigenvalue weighted by molar-refractivity contribution is 0.744. The zero-order chi connectivity index (χ0) is 19.5. The lowest BCUT2D eigenvalue weighted by atomic mass is 10.1. The Balaban J connectivity index is 0.00000392. The van der Waals surface area contributed by atoms with E-state index >= 15 is 0 Å². The van der Waals surface area contributed by atoms with Crippen molar-refractivity contribution in [3.05, 3.63) is 47.3 Å². The van der Waals surface area contributed by atoms with Crippen molar-refractivity contribution in [3.8, 4) is 0 Å². The van der Waals surface area contributed by atoms with E-state index in [1.165, 1.54) is 16.8 Å². The predicted octanol–water partition coefficient (Wildman–Crippen LogP) is 3.66. The van der Waals surface area contributed by atoms with Crippen LogP contribution in [0.1, 0.15) is 37.1 Å². The summed E-state index contributed by atoms with van der Waals surface area (Å²) in [5.41, 5.74) is 5.00. The number of H-pyrrole nitrogens is 1. The smallest absolute Gasteiger partial charge is 0.191 e. The Kier molecular flexibility index (Phi) is 11.6. The fourth-order valence-electron chi connectivity index (χ4n) is 3.03. The Morgan fingerprint density at radius 1 is 1.21 bits per heavy atom. The van der Waals surface area contributed by atoms with Crippen LogP contribution in [0.25, 0.3) is 0 Å². The summed E-state index contributed by atoms with van der Waals surface area (Å²) in [5, 5.41) is 13.8. The van der Waals surface area contributed by atoms with Crippen molar-refractivity contribution in [2.45, 2.75) is 40.5 Å². The van der Waals surface area contributed by atoms with Gasteiger partial charge >= 0.3 is 0 Å². The van der Waals surface area contributed by atoms with Crippen LogP contribution in [0, 0.1) is 13.8 Å². The topological polar surface area (TPSA) is 68.3 Å². The summed E-state index contributed by atoms with van der Waals surface area (Å²) in [4.78, 5) is 7.08. The van der Waals surface area contributed by atoms with E-state index in [-0.39, 0.29) is 24.0 Å². The molecule has 0 radical (unpaired) electrons. The van der Waals surface area contributed by atoms with Crippen molar-refractivity contribution in [2.75, 3.05) is 37.6 Å². The van der Waals surface area contributed by atoms with Crippen LogP contribution >= 0.6 is 24.0 Å². The second-order valence-electron chi connectivity index (χ2n) is 6.73. The SMILES string of the molecule is CCNC(=NCCCc1cn[nH]c1C)NCCN(CC)c1cccc(C)c1.I. The van der Waals surface area contributed by atoms with Crippen molar-refractivity contribution in [3.63, 3.8) is 0 Å². The quantitative estimate of drug-likeness (QED) is 0.203. The Labute approximate surface area is 186 Å². The van der Waals surface area contributed by atoms with Crippen LogP contribution < -0.4 is 15.5 Å². The lowest BCUT2D eigenvalue weighted by Crippen LogP contribution is -2.41. The van der Waals surface area contributed by atoms with E-state index in [1.54, 1.807) is 0 Å². The standard InChI is InChI=1S/C21H34N6.HI/c1-5-22-21(23-12-8-10-19-16-25-26-18(19)4)24-13-14-27(6-2)20-11-7-9-17(3)15-20;/h7,9,11,15-16H,5-6,8,10,12-14H2,1-4H3,(H,25,26)(H2,22,23,24);1H. The van der Waals surface area contributed by atoms with Gasteiger partial charge in [-0.05, 0) is 63.8 Å². The first-order valence-corrected chi connectivity index (χ1v) is 9.96. The molecule has 0 atom stereocenters. The summed E-state index contributed by atoms with van der Waals surface area (Å²) in [7, 11) is 0. The van der Waals surface area contributed by atoms with Crippen LogP contribution in [0.4, 0.5) is 5.69 Å². The molecule has 1 heterocycles. The van der Waals surface area contributed by atoms with E-state index in [0.717, 1.165) is 57.2 Å². The maximum atomic E-state index is 4.70. The van der Waals surface area contributed by atoms with Gasteiger partial charge in [0.25, 0.3) is 0 Å². The van der Waals surface area contributed by atoms with Gasteiger partial charge in [0.2, 0.25) is 0 Å². The van der Waals surface area contributed by atoms with Gasteiger partial charge in [-0.3, -0.25) is 10.1 Å². The van der Waals surface area contributed by atoms with E-state index in [0.29, 0.717) is 0 Å². The molecule has 0 saturated heterocycles. The minimum absolute atomic E-state index is 0. The number of aromatic nitrogens is 2. The molecular formula is C21H35IN6. The molecule has 0 saturated carbocycles. The molecule has 0 aliphatic carbocycles. The van der Waals surface area contributed by atoms with Crippen molar-refractivity contribution < 1.29 is 0 Å². The number of aryl methyl sites for hydroxylation is 3. The molecule has 0 aliphatic heterocycles. The van der Waals surface area contributed by atoms with Crippen molar-refractivity contribution >= 4 is 35.6 Å². The number of anilines is 1. The average molecular weight is 498 g/mol. The highest BCUT2D eigenvalue weighted by Crippen LogP contribution is 2.14. The molecule has 0 unspecified atom stereocenters. The number of halogens is 1. The Morgan fingerprint density at radius 3 is 2.68 bits per heavy atom. The molecule has 0 aliphatic rings. The third-order valence-electron chi connectivity index (χ3n) is 4.58. The van der Waals surface area contributed by atoms with Gasteiger partial charge in [-0.2, -0.15) is 5.10 Å². The number of aromatic amines is 1. The van der Waals surface area contributed by atoms with Crippen molar-refractivity contribution in [2.24, 2.45) is 4.99 Å². The van der Waals surface area contributed by atoms with Crippen LogP contribution in [0.5, 0.6) is 0 Å². The van der Waals surface area contributed by atoms with Gasteiger partial charge in [-0.25, -0.2) is 0 Å². The predicted molar refractivity (Wildman–Crippen MR) is 130 cm³/mol. The largest absolute Gasteiger partial charge is 0.370 e. The Hall–Kier alpha value is -1.77. The number of benzene rings is 1. The summed E-state index contributed by atoms with van der Waals surface area (Å²) >= 11 is 0. The third-order valence-corrected chi connectivity index (χ3v) is 4.58. The minimum atomic E-state index is 0. The maximum absolute atomic E-state index is 4.70. The zero-order valence-electron chi connectivity index (χ0n) is 17.6. The lowest BCUT2D eigenvalue weighted by Gasteiger charge is -2.24. The zero-order valence-corrected chi connectivity index (χ0v) is 19.9. The number of nitrogens with one attached hydrogen (secondary N) is 3. The van der Waals surface area contributed by atoms with Gasteiger partial charge < -0.3 is 15.5 Å². The van der Waals surface area contributed by atoms with Crippen LogP contribution in [-0.2, 0) is 6.42 Å². The van der Waals surface area contributed by atoms with Crippen LogP contribution in [0.15, 0.2) is 35.5 Å². The van der Waals surface area contributed by atoms with Gasteiger partial charge in [0, 0.05) is 44.1 Å². The third kappa shape index (κ3) is 8.08. The van der Waals surface area contributed by atoms with E-state index < -0.39 is 0 Å². The second kappa shape index (κ2) is 13.4. The van der Waals surface area contributed by atoms with Gasteiger partial charge in [0.05, 0.1) is 6.20 Å². The summed E-state index contributed by atoms with van der Waals surface area (Å²) < 4.78 is 0. The summed E-state index contributed by atoms with van der Waals surface area (Å²) in [5.74, 6) is 0.890. The number of hydrogen-bond acceptors (Lipinski definition) is 3. The summed E-state index contributed by atoms with van der Waals surface area (Å²) in [6.07, 6.45) is 3.93. The highest BCUT2D eigenvalue weighted by molar-refractivity contribution is 14.0. The molecule has 1 aromatic heterocycles. The molecule has 2 rings (SSSR count). The Morgan fingerprint density at radius 2 is 2.04 bits per heavy atom. The summed E-state index contributed by atoms with van der Waals surface area (Å²) in [6, 6.07) is 8.67. The van der Waals surface area contributed by atoms with Gasteiger partial charge in [0.15, 0.2) is 5.96 Å². The van der Waals surface area contributed by atoms with Crippen LogP contribution in [0.2, 0.25) is 0 Å². The first kappa shape index (κ1) is 24.3. The number of likely N-dealkylation sites (N-methyl/N-ethyl adjacent to an activating group) is 1. The van der Waals surface area contributed by atoms with Crippen molar-refractivity contribution in [1.82, 2.24) is 20.8 Å². The molecule has 6 nitrogen and oxygen atoms in total. The van der Waals surface area contributed by atoms with Gasteiger partial charge in [-0.15, -0.1) is 24.0 Å². The molecule has 2 aromatic rings. The van der Waals surface area contributed by atoms with Crippen LogP contribution in [0.3, 0.4) is 0 Å². The number of guanidine groups is 1. The molecule has 0 amide bonds. The fourth-order valence-corrected chi connectivity index (χ4v) is 3.03. The fraction of sp³-hybridized carbons (Fsp3) is 0.524. The first-order chi connectivity index (χ1) is 13.1.